The van der Waals surface area contributed by atoms with Gasteiger partial charge in [0.25, 0.3) is 0 Å². The van der Waals surface area contributed by atoms with Gasteiger partial charge in [-0.3, -0.25) is 4.21 Å². The number of hydrogen-bond acceptors (Lipinski definition) is 2. The van der Waals surface area contributed by atoms with Gasteiger partial charge in [0.05, 0.1) is 5.25 Å². The lowest BCUT2D eigenvalue weighted by Crippen LogP contribution is -2.51. The standard InChI is InChI=1S/C8H15NOS/c1-6-5-11(10)8-4-2-3-7(8)9-6/h6-9H,2-5H2,1H3. The lowest BCUT2D eigenvalue weighted by molar-refractivity contribution is 0.454. The van der Waals surface area contributed by atoms with Crippen molar-refractivity contribution in [1.29, 1.82) is 0 Å². The molecule has 0 amide bonds. The van der Waals surface area contributed by atoms with Crippen LogP contribution < -0.4 is 5.32 Å². The molecule has 4 atom stereocenters. The Morgan fingerprint density at radius 3 is 3.09 bits per heavy atom. The van der Waals surface area contributed by atoms with Gasteiger partial charge in [0.2, 0.25) is 0 Å². The van der Waals surface area contributed by atoms with Crippen LogP contribution >= 0.6 is 0 Å². The van der Waals surface area contributed by atoms with Gasteiger partial charge in [0.15, 0.2) is 0 Å². The molecule has 1 aliphatic heterocycles. The van der Waals surface area contributed by atoms with Gasteiger partial charge in [-0.1, -0.05) is 6.42 Å². The molecule has 11 heavy (non-hydrogen) atoms. The Hall–Kier alpha value is 0.110. The highest BCUT2D eigenvalue weighted by Crippen LogP contribution is 2.27. The molecule has 0 radical (unpaired) electrons. The van der Waals surface area contributed by atoms with Crippen molar-refractivity contribution in [2.24, 2.45) is 0 Å². The maximum absolute atomic E-state index is 11.6. The molecule has 2 fully saturated rings. The summed E-state index contributed by atoms with van der Waals surface area (Å²) in [5.74, 6) is 0.862. The Labute approximate surface area is 70.2 Å². The van der Waals surface area contributed by atoms with Crippen LogP contribution in [0.4, 0.5) is 0 Å². The minimum Gasteiger partial charge on any atom is -0.309 e. The molecule has 2 nitrogen and oxygen atoms in total. The molecule has 1 saturated carbocycles. The summed E-state index contributed by atoms with van der Waals surface area (Å²) >= 11 is 0. The quantitative estimate of drug-likeness (QED) is 0.582. The van der Waals surface area contributed by atoms with Crippen LogP contribution in [0.3, 0.4) is 0 Å². The van der Waals surface area contributed by atoms with E-state index in [1.807, 2.05) is 0 Å². The van der Waals surface area contributed by atoms with E-state index in [0.717, 1.165) is 5.75 Å². The third-order valence-electron chi connectivity index (χ3n) is 2.70. The van der Waals surface area contributed by atoms with Crippen molar-refractivity contribution in [1.82, 2.24) is 5.32 Å². The van der Waals surface area contributed by atoms with Crippen molar-refractivity contribution in [2.75, 3.05) is 5.75 Å². The molecule has 0 aromatic heterocycles. The monoisotopic (exact) mass is 173 g/mol. The normalized spacial score (nSPS) is 50.6. The summed E-state index contributed by atoms with van der Waals surface area (Å²) in [7, 11) is -0.538. The molecular weight excluding hydrogens is 158 g/mol. The summed E-state index contributed by atoms with van der Waals surface area (Å²) in [6.07, 6.45) is 3.68. The Balaban J connectivity index is 2.10. The second kappa shape index (κ2) is 2.87. The highest BCUT2D eigenvalue weighted by atomic mass is 32.2. The number of rotatable bonds is 0. The third-order valence-corrected chi connectivity index (χ3v) is 4.77. The second-order valence-electron chi connectivity index (χ2n) is 3.69. The van der Waals surface area contributed by atoms with Crippen molar-refractivity contribution in [3.8, 4) is 0 Å². The molecule has 2 rings (SSSR count). The first-order valence-electron chi connectivity index (χ1n) is 4.40. The van der Waals surface area contributed by atoms with Crippen molar-refractivity contribution in [3.05, 3.63) is 0 Å². The maximum Gasteiger partial charge on any atom is 0.0501 e. The van der Waals surface area contributed by atoms with Crippen molar-refractivity contribution in [2.45, 2.75) is 43.5 Å². The first kappa shape index (κ1) is 7.74. The van der Waals surface area contributed by atoms with E-state index in [2.05, 4.69) is 12.2 Å². The third kappa shape index (κ3) is 1.36. The molecule has 1 aliphatic carbocycles. The SMILES string of the molecule is CC1CS(=O)C2CCCC2N1. The molecule has 3 heteroatoms. The van der Waals surface area contributed by atoms with Crippen molar-refractivity contribution >= 4 is 10.8 Å². The minimum absolute atomic E-state index is 0.468. The van der Waals surface area contributed by atoms with Crippen molar-refractivity contribution < 1.29 is 4.21 Å². The van der Waals surface area contributed by atoms with E-state index in [4.69, 9.17) is 0 Å². The van der Waals surface area contributed by atoms with Gasteiger partial charge < -0.3 is 5.32 Å². The fraction of sp³-hybridized carbons (Fsp3) is 1.00. The summed E-state index contributed by atoms with van der Waals surface area (Å²) in [6.45, 7) is 2.13. The molecule has 2 aliphatic rings. The maximum atomic E-state index is 11.6. The number of hydrogen-bond donors (Lipinski definition) is 1. The van der Waals surface area contributed by atoms with Gasteiger partial charge in [-0.05, 0) is 19.8 Å². The van der Waals surface area contributed by atoms with Gasteiger partial charge in [0, 0.05) is 28.6 Å². The van der Waals surface area contributed by atoms with Crippen LogP contribution in [-0.4, -0.2) is 27.3 Å². The van der Waals surface area contributed by atoms with Crippen LogP contribution in [0.1, 0.15) is 26.2 Å². The average Bonchev–Trinajstić information content (AvgIpc) is 2.34. The summed E-state index contributed by atoms with van der Waals surface area (Å²) in [4.78, 5) is 0. The zero-order chi connectivity index (χ0) is 7.84. The molecule has 64 valence electrons. The molecule has 0 bridgehead atoms. The lowest BCUT2D eigenvalue weighted by atomic mass is 10.2. The molecule has 0 spiro atoms. The van der Waals surface area contributed by atoms with Gasteiger partial charge in [0.1, 0.15) is 0 Å². The van der Waals surface area contributed by atoms with Gasteiger partial charge in [-0.2, -0.15) is 0 Å². The second-order valence-corrected chi connectivity index (χ2v) is 5.39. The fourth-order valence-electron chi connectivity index (χ4n) is 2.21. The van der Waals surface area contributed by atoms with Gasteiger partial charge >= 0.3 is 0 Å². The Kier molecular flexibility index (Phi) is 2.02. The Morgan fingerprint density at radius 2 is 2.27 bits per heavy atom. The predicted octanol–water partition coefficient (Wildman–Crippen LogP) is 0.648. The molecule has 1 N–H and O–H groups in total. The zero-order valence-corrected chi connectivity index (χ0v) is 7.69. The summed E-state index contributed by atoms with van der Waals surface area (Å²) < 4.78 is 11.6. The van der Waals surface area contributed by atoms with Crippen molar-refractivity contribution in [3.63, 3.8) is 0 Å². The summed E-state index contributed by atoms with van der Waals surface area (Å²) in [5, 5.41) is 3.99. The zero-order valence-electron chi connectivity index (χ0n) is 6.88. The van der Waals surface area contributed by atoms with E-state index < -0.39 is 10.8 Å². The van der Waals surface area contributed by atoms with E-state index >= 15 is 0 Å². The number of nitrogens with one attached hydrogen (secondary N) is 1. The van der Waals surface area contributed by atoms with Crippen LogP contribution in [0.2, 0.25) is 0 Å². The highest BCUT2D eigenvalue weighted by molar-refractivity contribution is 7.85. The molecule has 1 heterocycles. The summed E-state index contributed by atoms with van der Waals surface area (Å²) in [5.41, 5.74) is 0. The van der Waals surface area contributed by atoms with E-state index in [-0.39, 0.29) is 0 Å². The first-order valence-corrected chi connectivity index (χ1v) is 5.79. The summed E-state index contributed by atoms with van der Waals surface area (Å²) in [6, 6.07) is 1.04. The molecule has 4 unspecified atom stereocenters. The topological polar surface area (TPSA) is 29.1 Å². The van der Waals surface area contributed by atoms with Crippen LogP contribution in [0.25, 0.3) is 0 Å². The Bertz CT molecular complexity index is 183. The highest BCUT2D eigenvalue weighted by Gasteiger charge is 2.36. The lowest BCUT2D eigenvalue weighted by Gasteiger charge is -2.30. The van der Waals surface area contributed by atoms with Crippen LogP contribution in [0, 0.1) is 0 Å². The van der Waals surface area contributed by atoms with Gasteiger partial charge in [-0.25, -0.2) is 0 Å². The fourth-order valence-corrected chi connectivity index (χ4v) is 4.06. The molecule has 1 saturated heterocycles. The van der Waals surface area contributed by atoms with E-state index in [9.17, 15) is 4.21 Å². The van der Waals surface area contributed by atoms with Crippen LogP contribution in [0.5, 0.6) is 0 Å². The average molecular weight is 173 g/mol. The van der Waals surface area contributed by atoms with Gasteiger partial charge in [-0.15, -0.1) is 0 Å². The van der Waals surface area contributed by atoms with Crippen LogP contribution in [0.15, 0.2) is 0 Å². The molecule has 0 aromatic rings. The molecular formula is C8H15NOS. The largest absolute Gasteiger partial charge is 0.309 e. The predicted molar refractivity (Wildman–Crippen MR) is 47.0 cm³/mol. The van der Waals surface area contributed by atoms with Crippen LogP contribution in [-0.2, 0) is 10.8 Å². The van der Waals surface area contributed by atoms with E-state index in [1.165, 1.54) is 19.3 Å². The van der Waals surface area contributed by atoms with E-state index in [0.29, 0.717) is 17.3 Å². The molecule has 0 aromatic carbocycles. The Morgan fingerprint density at radius 1 is 1.45 bits per heavy atom. The van der Waals surface area contributed by atoms with E-state index in [1.54, 1.807) is 0 Å². The smallest absolute Gasteiger partial charge is 0.0501 e. The minimum atomic E-state index is -0.538. The first-order chi connectivity index (χ1) is 5.27. The number of fused-ring (bicyclic) bond motifs is 1.